The number of phenols is 1. The summed E-state index contributed by atoms with van der Waals surface area (Å²) in [7, 11) is 0. The largest absolute Gasteiger partial charge is 0.507 e. The molecule has 6 heteroatoms. The van der Waals surface area contributed by atoms with Crippen molar-refractivity contribution in [3.8, 4) is 28.4 Å². The Hall–Kier alpha value is -3.15. The number of hydrogen-bond acceptors (Lipinski definition) is 5. The Morgan fingerprint density at radius 2 is 1.49 bits per heavy atom. The van der Waals surface area contributed by atoms with Gasteiger partial charge in [0, 0.05) is 21.0 Å². The first-order chi connectivity index (χ1) is 17.7. The summed E-state index contributed by atoms with van der Waals surface area (Å²) in [6.45, 7) is 10.3. The molecule has 0 atom stereocenters. The zero-order valence-corrected chi connectivity index (χ0v) is 23.2. The SMILES string of the molecule is CCOC(=O)c1c(-c2ccccc2)oc(-c2ccc(Cl)cc2)c1Sc1cc(C(C)C)c(O)c(C(C)C)c1. The predicted molar refractivity (Wildman–Crippen MR) is 151 cm³/mol. The Balaban J connectivity index is 1.99. The third-order valence-corrected chi connectivity index (χ3v) is 7.41. The minimum atomic E-state index is -0.445. The lowest BCUT2D eigenvalue weighted by atomic mass is 9.94. The Morgan fingerprint density at radius 3 is 2.03 bits per heavy atom. The molecule has 0 aliphatic rings. The highest BCUT2D eigenvalue weighted by Gasteiger charge is 2.30. The van der Waals surface area contributed by atoms with E-state index in [4.69, 9.17) is 20.8 Å². The van der Waals surface area contributed by atoms with Crippen LogP contribution in [0, 0.1) is 0 Å². The number of halogens is 1. The van der Waals surface area contributed by atoms with Crippen LogP contribution in [0.2, 0.25) is 5.02 Å². The standard InChI is InChI=1S/C31H31ClO4S/c1-6-35-31(34)26-28(20-10-8-7-9-11-20)36-29(21-12-14-22(32)15-13-21)30(26)37-23-16-24(18(2)3)27(33)25(17-23)19(4)5/h7-19,33H,6H2,1-5H3. The summed E-state index contributed by atoms with van der Waals surface area (Å²) in [6, 6.07) is 20.9. The molecule has 0 aliphatic carbocycles. The fourth-order valence-corrected chi connectivity index (χ4v) is 5.46. The molecule has 0 saturated heterocycles. The second kappa shape index (κ2) is 11.5. The van der Waals surface area contributed by atoms with Crippen molar-refractivity contribution in [2.45, 2.75) is 56.2 Å². The van der Waals surface area contributed by atoms with Gasteiger partial charge in [0.25, 0.3) is 0 Å². The molecule has 192 valence electrons. The van der Waals surface area contributed by atoms with Gasteiger partial charge in [-0.2, -0.15) is 0 Å². The number of carbonyl (C=O) groups excluding carboxylic acids is 1. The molecule has 0 saturated carbocycles. The maximum absolute atomic E-state index is 13.4. The first-order valence-corrected chi connectivity index (χ1v) is 13.6. The molecule has 0 unspecified atom stereocenters. The lowest BCUT2D eigenvalue weighted by molar-refractivity contribution is 0.0523. The summed E-state index contributed by atoms with van der Waals surface area (Å²) in [5, 5.41) is 11.5. The van der Waals surface area contributed by atoms with Crippen LogP contribution in [0.5, 0.6) is 5.75 Å². The molecule has 0 aliphatic heterocycles. The van der Waals surface area contributed by atoms with E-state index in [1.165, 1.54) is 11.8 Å². The summed E-state index contributed by atoms with van der Waals surface area (Å²) in [6.07, 6.45) is 0. The normalized spacial score (nSPS) is 11.4. The molecular formula is C31H31ClO4S. The van der Waals surface area contributed by atoms with E-state index in [0.717, 1.165) is 27.1 Å². The third kappa shape index (κ3) is 5.73. The monoisotopic (exact) mass is 534 g/mol. The highest BCUT2D eigenvalue weighted by molar-refractivity contribution is 7.99. The van der Waals surface area contributed by atoms with E-state index in [1.807, 2.05) is 54.6 Å². The van der Waals surface area contributed by atoms with Gasteiger partial charge in [-0.25, -0.2) is 4.79 Å². The van der Waals surface area contributed by atoms with Crippen molar-refractivity contribution in [3.63, 3.8) is 0 Å². The van der Waals surface area contributed by atoms with E-state index in [0.29, 0.717) is 32.8 Å². The molecule has 3 aromatic carbocycles. The van der Waals surface area contributed by atoms with E-state index < -0.39 is 5.97 Å². The Morgan fingerprint density at radius 1 is 0.919 bits per heavy atom. The molecular weight excluding hydrogens is 504 g/mol. The fourth-order valence-electron chi connectivity index (χ4n) is 4.19. The maximum atomic E-state index is 13.4. The van der Waals surface area contributed by atoms with Gasteiger partial charge in [0.15, 0.2) is 5.76 Å². The van der Waals surface area contributed by atoms with Crippen LogP contribution in [0.15, 0.2) is 80.9 Å². The molecule has 0 fully saturated rings. The summed E-state index contributed by atoms with van der Waals surface area (Å²) in [5.41, 5.74) is 3.70. The maximum Gasteiger partial charge on any atom is 0.343 e. The molecule has 4 nitrogen and oxygen atoms in total. The molecule has 0 radical (unpaired) electrons. The van der Waals surface area contributed by atoms with Crippen molar-refractivity contribution >= 4 is 29.3 Å². The summed E-state index contributed by atoms with van der Waals surface area (Å²) < 4.78 is 12.0. The fraction of sp³-hybridized carbons (Fsp3) is 0.258. The molecule has 0 bridgehead atoms. The van der Waals surface area contributed by atoms with Crippen molar-refractivity contribution in [1.29, 1.82) is 0 Å². The number of furan rings is 1. The molecule has 1 aromatic heterocycles. The van der Waals surface area contributed by atoms with E-state index >= 15 is 0 Å². The van der Waals surface area contributed by atoms with Gasteiger partial charge in [-0.15, -0.1) is 0 Å². The van der Waals surface area contributed by atoms with Gasteiger partial charge in [0.2, 0.25) is 0 Å². The first kappa shape index (κ1) is 26.9. The Labute approximate surface area is 227 Å². The van der Waals surface area contributed by atoms with Crippen LogP contribution >= 0.6 is 23.4 Å². The van der Waals surface area contributed by atoms with Gasteiger partial charge in [-0.3, -0.25) is 0 Å². The van der Waals surface area contributed by atoms with Crippen LogP contribution in [0.25, 0.3) is 22.6 Å². The smallest absolute Gasteiger partial charge is 0.343 e. The average Bonchev–Trinajstić information content (AvgIpc) is 3.25. The van der Waals surface area contributed by atoms with E-state index in [2.05, 4.69) is 27.7 Å². The number of rotatable bonds is 8. The van der Waals surface area contributed by atoms with E-state index in [1.54, 1.807) is 19.1 Å². The minimum Gasteiger partial charge on any atom is -0.507 e. The van der Waals surface area contributed by atoms with Crippen molar-refractivity contribution < 1.29 is 19.1 Å². The van der Waals surface area contributed by atoms with E-state index in [-0.39, 0.29) is 18.4 Å². The van der Waals surface area contributed by atoms with Crippen LogP contribution in [0.4, 0.5) is 0 Å². The number of carbonyl (C=O) groups is 1. The molecule has 37 heavy (non-hydrogen) atoms. The summed E-state index contributed by atoms with van der Waals surface area (Å²) >= 11 is 7.61. The van der Waals surface area contributed by atoms with Crippen LogP contribution in [-0.4, -0.2) is 17.7 Å². The highest BCUT2D eigenvalue weighted by Crippen LogP contribution is 2.47. The second-order valence-electron chi connectivity index (χ2n) is 9.42. The first-order valence-electron chi connectivity index (χ1n) is 12.4. The number of hydrogen-bond donors (Lipinski definition) is 1. The van der Waals surface area contributed by atoms with Gasteiger partial charge in [0.05, 0.1) is 11.5 Å². The van der Waals surface area contributed by atoms with E-state index in [9.17, 15) is 9.90 Å². The number of esters is 1. The Bertz CT molecular complexity index is 1360. The van der Waals surface area contributed by atoms with Crippen LogP contribution < -0.4 is 0 Å². The Kier molecular flexibility index (Phi) is 8.35. The zero-order chi connectivity index (χ0) is 26.7. The summed E-state index contributed by atoms with van der Waals surface area (Å²) in [4.78, 5) is 15.0. The average molecular weight is 535 g/mol. The second-order valence-corrected chi connectivity index (χ2v) is 10.9. The molecule has 4 aromatic rings. The zero-order valence-electron chi connectivity index (χ0n) is 21.7. The van der Waals surface area contributed by atoms with Crippen molar-refractivity contribution in [2.24, 2.45) is 0 Å². The number of phenolic OH excluding ortho intramolecular Hbond substituents is 1. The number of ether oxygens (including phenoxy) is 1. The van der Waals surface area contributed by atoms with Crippen LogP contribution in [-0.2, 0) is 4.74 Å². The lowest BCUT2D eigenvalue weighted by Gasteiger charge is -2.17. The molecule has 0 spiro atoms. The van der Waals surface area contributed by atoms with Crippen molar-refractivity contribution in [3.05, 3.63) is 88.4 Å². The molecule has 1 heterocycles. The number of aromatic hydroxyl groups is 1. The predicted octanol–water partition coefficient (Wildman–Crippen LogP) is 9.55. The van der Waals surface area contributed by atoms with Crippen LogP contribution in [0.1, 0.15) is 67.9 Å². The van der Waals surface area contributed by atoms with Gasteiger partial charge in [0.1, 0.15) is 17.1 Å². The molecule has 0 amide bonds. The molecule has 1 N–H and O–H groups in total. The number of benzene rings is 3. The van der Waals surface area contributed by atoms with Gasteiger partial charge >= 0.3 is 5.97 Å². The van der Waals surface area contributed by atoms with Crippen molar-refractivity contribution in [2.75, 3.05) is 6.61 Å². The van der Waals surface area contributed by atoms with Gasteiger partial charge < -0.3 is 14.3 Å². The highest BCUT2D eigenvalue weighted by atomic mass is 35.5. The third-order valence-electron chi connectivity index (χ3n) is 6.09. The molecule has 4 rings (SSSR count). The van der Waals surface area contributed by atoms with Crippen molar-refractivity contribution in [1.82, 2.24) is 0 Å². The van der Waals surface area contributed by atoms with Gasteiger partial charge in [-0.1, -0.05) is 81.4 Å². The van der Waals surface area contributed by atoms with Crippen LogP contribution in [0.3, 0.4) is 0 Å². The van der Waals surface area contributed by atoms with Gasteiger partial charge in [-0.05, 0) is 66.3 Å². The summed E-state index contributed by atoms with van der Waals surface area (Å²) in [5.74, 6) is 1.16. The quantitative estimate of drug-likeness (QED) is 0.228. The minimum absolute atomic E-state index is 0.127. The lowest BCUT2D eigenvalue weighted by Crippen LogP contribution is -2.06. The topological polar surface area (TPSA) is 59.7 Å².